The number of halogens is 3. The van der Waals surface area contributed by atoms with Crippen molar-refractivity contribution in [1.29, 1.82) is 0 Å². The Morgan fingerprint density at radius 3 is 2.65 bits per heavy atom. The molecule has 5 nitrogen and oxygen atoms in total. The number of carbonyl (C=O) groups is 1. The molecular weight excluding hydrogens is 330 g/mol. The summed E-state index contributed by atoms with van der Waals surface area (Å²) in [6, 6.07) is 1.53. The predicted molar refractivity (Wildman–Crippen MR) is 81.6 cm³/mol. The molecular formula is C15H19ClF2N2O3. The molecule has 1 aromatic carbocycles. The Morgan fingerprint density at radius 1 is 1.39 bits per heavy atom. The van der Waals surface area contributed by atoms with Gasteiger partial charge in [-0.1, -0.05) is 11.6 Å². The largest absolute Gasteiger partial charge is 0.390 e. The van der Waals surface area contributed by atoms with Crippen LogP contribution >= 0.6 is 11.6 Å². The van der Waals surface area contributed by atoms with Crippen molar-refractivity contribution in [2.75, 3.05) is 46.4 Å². The van der Waals surface area contributed by atoms with E-state index in [4.69, 9.17) is 16.3 Å². The molecule has 1 aliphatic rings. The van der Waals surface area contributed by atoms with Crippen molar-refractivity contribution < 1.29 is 23.4 Å². The first-order valence-electron chi connectivity index (χ1n) is 7.26. The highest BCUT2D eigenvalue weighted by Gasteiger charge is 2.22. The molecule has 1 N–H and O–H groups in total. The van der Waals surface area contributed by atoms with E-state index in [1.807, 2.05) is 4.90 Å². The zero-order valence-corrected chi connectivity index (χ0v) is 13.5. The number of hydrogen-bond acceptors (Lipinski definition) is 4. The third kappa shape index (κ3) is 4.84. The summed E-state index contributed by atoms with van der Waals surface area (Å²) < 4.78 is 31.6. The summed E-state index contributed by atoms with van der Waals surface area (Å²) >= 11 is 5.79. The molecule has 23 heavy (non-hydrogen) atoms. The van der Waals surface area contributed by atoms with E-state index < -0.39 is 23.6 Å². The Hall–Kier alpha value is -1.28. The van der Waals surface area contributed by atoms with E-state index in [0.717, 1.165) is 25.2 Å². The van der Waals surface area contributed by atoms with Gasteiger partial charge < -0.3 is 14.7 Å². The molecule has 0 bridgehead atoms. The molecule has 0 spiro atoms. The Balaban J connectivity index is 1.95. The Kier molecular flexibility index (Phi) is 6.29. The first-order valence-corrected chi connectivity index (χ1v) is 7.64. The predicted octanol–water partition coefficient (Wildman–Crippen LogP) is 1.38. The van der Waals surface area contributed by atoms with Crippen LogP contribution < -0.4 is 0 Å². The maximum atomic E-state index is 13.3. The van der Waals surface area contributed by atoms with Crippen LogP contribution in [0.3, 0.4) is 0 Å². The highest BCUT2D eigenvalue weighted by atomic mass is 35.5. The number of carbonyl (C=O) groups excluding carboxylic acids is 1. The molecule has 0 saturated carbocycles. The third-order valence-corrected chi connectivity index (χ3v) is 3.96. The fraction of sp³-hybridized carbons (Fsp3) is 0.533. The van der Waals surface area contributed by atoms with Crippen LogP contribution in [-0.2, 0) is 4.74 Å². The van der Waals surface area contributed by atoms with Crippen molar-refractivity contribution in [3.63, 3.8) is 0 Å². The molecule has 8 heteroatoms. The van der Waals surface area contributed by atoms with Crippen LogP contribution in [0.5, 0.6) is 0 Å². The van der Waals surface area contributed by atoms with E-state index in [9.17, 15) is 18.7 Å². The fourth-order valence-corrected chi connectivity index (χ4v) is 2.66. The second-order valence-electron chi connectivity index (χ2n) is 5.50. The molecule has 128 valence electrons. The van der Waals surface area contributed by atoms with E-state index in [1.54, 1.807) is 0 Å². The number of likely N-dealkylation sites (N-methyl/N-ethyl adjacent to an activating group) is 1. The maximum absolute atomic E-state index is 13.3. The molecule has 1 heterocycles. The summed E-state index contributed by atoms with van der Waals surface area (Å²) in [7, 11) is 1.47. The molecule has 2 rings (SSSR count). The normalized spacial score (nSPS) is 17.1. The van der Waals surface area contributed by atoms with Gasteiger partial charge in [-0.25, -0.2) is 8.78 Å². The minimum absolute atomic E-state index is 0.0610. The second-order valence-corrected chi connectivity index (χ2v) is 5.91. The van der Waals surface area contributed by atoms with E-state index >= 15 is 0 Å². The molecule has 1 amide bonds. The van der Waals surface area contributed by atoms with E-state index in [1.165, 1.54) is 11.9 Å². The van der Waals surface area contributed by atoms with Crippen molar-refractivity contribution in [3.8, 4) is 0 Å². The summed E-state index contributed by atoms with van der Waals surface area (Å²) in [5, 5.41) is 9.93. The lowest BCUT2D eigenvalue weighted by Crippen LogP contribution is -2.45. The second kappa shape index (κ2) is 8.01. The smallest absolute Gasteiger partial charge is 0.255 e. The number of benzene rings is 1. The molecule has 1 saturated heterocycles. The van der Waals surface area contributed by atoms with Gasteiger partial charge in [0.25, 0.3) is 5.91 Å². The summed E-state index contributed by atoms with van der Waals surface area (Å²) in [6.45, 7) is 3.16. The lowest BCUT2D eigenvalue weighted by atomic mass is 10.1. The number of nitrogens with zero attached hydrogens (tertiary/aromatic N) is 2. The highest BCUT2D eigenvalue weighted by molar-refractivity contribution is 6.33. The van der Waals surface area contributed by atoms with Gasteiger partial charge in [-0.3, -0.25) is 9.69 Å². The van der Waals surface area contributed by atoms with Crippen molar-refractivity contribution >= 4 is 17.5 Å². The van der Waals surface area contributed by atoms with E-state index in [2.05, 4.69) is 0 Å². The zero-order valence-electron chi connectivity index (χ0n) is 12.8. The molecule has 0 aliphatic carbocycles. The van der Waals surface area contributed by atoms with Crippen molar-refractivity contribution in [2.45, 2.75) is 6.10 Å². The topological polar surface area (TPSA) is 53.0 Å². The number of aliphatic hydroxyl groups excluding tert-OH is 1. The minimum Gasteiger partial charge on any atom is -0.390 e. The van der Waals surface area contributed by atoms with Gasteiger partial charge in [0, 0.05) is 33.2 Å². The van der Waals surface area contributed by atoms with Crippen molar-refractivity contribution in [1.82, 2.24) is 9.80 Å². The monoisotopic (exact) mass is 348 g/mol. The van der Waals surface area contributed by atoms with Crippen LogP contribution in [0, 0.1) is 11.6 Å². The zero-order chi connectivity index (χ0) is 17.0. The van der Waals surface area contributed by atoms with Crippen LogP contribution in [0.25, 0.3) is 0 Å². The number of aliphatic hydroxyl groups is 1. The Bertz CT molecular complexity index is 568. The molecule has 1 atom stereocenters. The van der Waals surface area contributed by atoms with Crippen molar-refractivity contribution in [2.24, 2.45) is 0 Å². The van der Waals surface area contributed by atoms with Gasteiger partial charge in [0.1, 0.15) is 0 Å². The van der Waals surface area contributed by atoms with E-state index in [-0.39, 0.29) is 17.1 Å². The number of amides is 1. The Morgan fingerprint density at radius 2 is 2.00 bits per heavy atom. The van der Waals surface area contributed by atoms with Gasteiger partial charge in [-0.2, -0.15) is 0 Å². The molecule has 1 aliphatic heterocycles. The molecule has 1 unspecified atom stereocenters. The fourth-order valence-electron chi connectivity index (χ4n) is 2.43. The van der Waals surface area contributed by atoms with Gasteiger partial charge in [0.15, 0.2) is 11.6 Å². The lowest BCUT2D eigenvalue weighted by molar-refractivity contribution is 0.00878. The number of ether oxygens (including phenoxy) is 1. The first kappa shape index (κ1) is 18.1. The minimum atomic E-state index is -1.14. The summed E-state index contributed by atoms with van der Waals surface area (Å²) in [5.41, 5.74) is -0.133. The van der Waals surface area contributed by atoms with Gasteiger partial charge in [0.05, 0.1) is 29.9 Å². The standard InChI is InChI=1S/C15H19ClF2N2O3/c1-19(8-10(21)9-20-2-4-23-5-3-20)15(22)11-6-13(17)14(18)7-12(11)16/h6-7,10,21H,2-5,8-9H2,1H3. The maximum Gasteiger partial charge on any atom is 0.255 e. The number of β-amino-alcohol motifs (C(OH)–C–C–N with tert-alkyl or cyclic N) is 1. The van der Waals surface area contributed by atoms with Crippen LogP contribution in [0.2, 0.25) is 5.02 Å². The number of morpholine rings is 1. The van der Waals surface area contributed by atoms with Crippen LogP contribution in [-0.4, -0.2) is 73.4 Å². The van der Waals surface area contributed by atoms with Gasteiger partial charge in [0.2, 0.25) is 0 Å². The van der Waals surface area contributed by atoms with E-state index in [0.29, 0.717) is 19.8 Å². The molecule has 0 radical (unpaired) electrons. The van der Waals surface area contributed by atoms with Crippen LogP contribution in [0.1, 0.15) is 10.4 Å². The number of hydrogen-bond donors (Lipinski definition) is 1. The SMILES string of the molecule is CN(CC(O)CN1CCOCC1)C(=O)c1cc(F)c(F)cc1Cl. The quantitative estimate of drug-likeness (QED) is 0.817. The summed E-state index contributed by atoms with van der Waals surface area (Å²) in [5.74, 6) is -2.82. The average Bonchev–Trinajstić information content (AvgIpc) is 2.51. The first-order chi connectivity index (χ1) is 10.9. The van der Waals surface area contributed by atoms with Gasteiger partial charge >= 0.3 is 0 Å². The lowest BCUT2D eigenvalue weighted by Gasteiger charge is -2.30. The summed E-state index contributed by atoms with van der Waals surface area (Å²) in [6.07, 6.45) is -0.758. The summed E-state index contributed by atoms with van der Waals surface area (Å²) in [4.78, 5) is 15.5. The molecule has 1 aromatic rings. The highest BCUT2D eigenvalue weighted by Crippen LogP contribution is 2.21. The van der Waals surface area contributed by atoms with Crippen LogP contribution in [0.4, 0.5) is 8.78 Å². The van der Waals surface area contributed by atoms with Crippen LogP contribution in [0.15, 0.2) is 12.1 Å². The number of rotatable bonds is 5. The average molecular weight is 349 g/mol. The Labute approximate surface area is 138 Å². The van der Waals surface area contributed by atoms with Crippen molar-refractivity contribution in [3.05, 3.63) is 34.4 Å². The molecule has 1 fully saturated rings. The third-order valence-electron chi connectivity index (χ3n) is 3.64. The molecule has 0 aromatic heterocycles. The van der Waals surface area contributed by atoms with Gasteiger partial charge in [-0.15, -0.1) is 0 Å². The van der Waals surface area contributed by atoms with Gasteiger partial charge in [-0.05, 0) is 12.1 Å².